The van der Waals surface area contributed by atoms with Gasteiger partial charge in [0.15, 0.2) is 22.6 Å². The molecule has 1 saturated heterocycles. The number of epoxide rings is 1. The minimum Gasteiger partial charge on any atom is -0.511 e. The molecule has 9 nitrogen and oxygen atoms in total. The van der Waals surface area contributed by atoms with Crippen molar-refractivity contribution < 1.29 is 41.7 Å². The van der Waals surface area contributed by atoms with Gasteiger partial charge in [-0.3, -0.25) is 19.2 Å². The van der Waals surface area contributed by atoms with Crippen molar-refractivity contribution in [3.63, 3.8) is 0 Å². The molecule has 1 fully saturated rings. The zero-order valence-electron chi connectivity index (χ0n) is 25.1. The summed E-state index contributed by atoms with van der Waals surface area (Å²) in [5.41, 5.74) is 0.354. The van der Waals surface area contributed by atoms with Gasteiger partial charge < -0.3 is 19.3 Å². The van der Waals surface area contributed by atoms with Crippen LogP contribution in [0.25, 0.3) is 0 Å². The number of hydrogen-bond donors (Lipinski definition) is 2. The van der Waals surface area contributed by atoms with E-state index in [1.165, 1.54) is 6.26 Å². The van der Waals surface area contributed by atoms with Crippen LogP contribution >= 0.6 is 15.9 Å². The zero-order valence-corrected chi connectivity index (χ0v) is 27.5. The Kier molecular flexibility index (Phi) is 8.13. The largest absolute Gasteiger partial charge is 0.511 e. The summed E-state index contributed by atoms with van der Waals surface area (Å²) >= 11 is 1.76. The van der Waals surface area contributed by atoms with Crippen LogP contribution in [0.4, 0.5) is 4.39 Å². The number of benzene rings is 3. The van der Waals surface area contributed by atoms with Crippen LogP contribution in [0.5, 0.6) is 5.75 Å². The third kappa shape index (κ3) is 5.32. The number of hydrogen-bond acceptors (Lipinski definition) is 9. The molecule has 47 heavy (non-hydrogen) atoms. The molecule has 2 N–H and O–H groups in total. The van der Waals surface area contributed by atoms with Gasteiger partial charge in [-0.05, 0) is 45.8 Å². The Morgan fingerprint density at radius 2 is 1.72 bits per heavy atom. The Labute approximate surface area is 280 Å². The highest BCUT2D eigenvalue weighted by Crippen LogP contribution is 2.63. The number of carbonyl (C=O) groups is 2. The predicted molar refractivity (Wildman–Crippen MR) is 172 cm³/mol. The van der Waals surface area contributed by atoms with E-state index in [0.717, 1.165) is 11.1 Å². The first-order valence-corrected chi connectivity index (χ1v) is 17.3. The van der Waals surface area contributed by atoms with Gasteiger partial charge >= 0.3 is 0 Å². The number of ketones is 2. The summed E-state index contributed by atoms with van der Waals surface area (Å²) in [5, 5.41) is 19.5. The van der Waals surface area contributed by atoms with Crippen molar-refractivity contribution in [2.45, 2.75) is 44.7 Å². The maximum atomic E-state index is 16.2. The minimum atomic E-state index is -1.67. The molecule has 242 valence electrons. The van der Waals surface area contributed by atoms with Crippen LogP contribution in [0, 0.1) is 23.1 Å². The first-order chi connectivity index (χ1) is 22.6. The summed E-state index contributed by atoms with van der Waals surface area (Å²) in [6, 6.07) is 18.4. The Morgan fingerprint density at radius 1 is 1.06 bits per heavy atom. The van der Waals surface area contributed by atoms with Crippen molar-refractivity contribution in [2.24, 2.45) is 11.8 Å². The van der Waals surface area contributed by atoms with E-state index in [-0.39, 0.29) is 88.7 Å². The van der Waals surface area contributed by atoms with Gasteiger partial charge in [0.25, 0.3) is 0 Å². The van der Waals surface area contributed by atoms with E-state index in [1.54, 1.807) is 0 Å². The molecule has 3 aromatic carbocycles. The fourth-order valence-electron chi connectivity index (χ4n) is 6.91. The summed E-state index contributed by atoms with van der Waals surface area (Å²) in [5.74, 6) is -3.26. The number of nitrogens with one attached hydrogen (secondary N) is 1. The molecule has 0 amide bonds. The van der Waals surface area contributed by atoms with Gasteiger partial charge in [0.1, 0.15) is 36.1 Å². The molecule has 0 saturated carbocycles. The minimum absolute atomic E-state index is 0.0235. The number of allylic oxidation sites excluding steroid dienone is 2. The molecule has 3 aromatic rings. The number of fused-ring (bicyclic) bond motifs is 2. The Balaban J connectivity index is 1.25. The fourth-order valence-corrected chi connectivity index (χ4v) is 7.80. The van der Waals surface area contributed by atoms with Gasteiger partial charge in [-0.15, -0.1) is 0 Å². The number of carbonyl (C=O) groups excluding carboxylic acids is 2. The van der Waals surface area contributed by atoms with Crippen LogP contribution in [-0.2, 0) is 55.8 Å². The first-order valence-electron chi connectivity index (χ1n) is 15.0. The summed E-state index contributed by atoms with van der Waals surface area (Å²) in [6.07, 6.45) is 1.74. The number of aliphatic hydroxyl groups excluding tert-OH is 1. The monoisotopic (exact) mass is 721 g/mol. The number of aliphatic hydroxyl groups is 1. The predicted octanol–water partition coefficient (Wildman–Crippen LogP) is 6.35. The fraction of sp³-hybridized carbons (Fsp3) is 0.286. The van der Waals surface area contributed by atoms with Crippen molar-refractivity contribution in [2.75, 3.05) is 6.26 Å². The van der Waals surface area contributed by atoms with Crippen molar-refractivity contribution in [1.82, 2.24) is 0 Å². The maximum absolute atomic E-state index is 16.2. The van der Waals surface area contributed by atoms with E-state index in [1.807, 2.05) is 60.7 Å². The lowest BCUT2D eigenvalue weighted by molar-refractivity contribution is -0.123. The number of rotatable bonds is 9. The summed E-state index contributed by atoms with van der Waals surface area (Å²) in [6.45, 7) is -0.209. The molecule has 7 rings (SSSR count). The zero-order chi connectivity index (χ0) is 33.0. The molecular formula is C35H29BrFNO8S. The van der Waals surface area contributed by atoms with Gasteiger partial charge in [-0.2, -0.15) is 0 Å². The molecule has 3 aliphatic carbocycles. The highest BCUT2D eigenvalue weighted by molar-refractivity contribution is 9.10. The van der Waals surface area contributed by atoms with Crippen LogP contribution in [0.15, 0.2) is 87.8 Å². The summed E-state index contributed by atoms with van der Waals surface area (Å²) in [4.78, 5) is 28.4. The second-order valence-corrected chi connectivity index (χ2v) is 13.8. The van der Waals surface area contributed by atoms with Crippen molar-refractivity contribution in [1.29, 1.82) is 5.41 Å². The lowest BCUT2D eigenvalue weighted by Gasteiger charge is -2.36. The molecule has 2 unspecified atom stereocenters. The molecule has 1 aliphatic heterocycles. The summed E-state index contributed by atoms with van der Waals surface area (Å²) in [7, 11) is 0. The molecule has 0 aromatic heterocycles. The normalized spacial score (nSPS) is 23.2. The third-order valence-corrected chi connectivity index (χ3v) is 10.4. The number of halogens is 2. The SMILES string of the molecule is CS(=O)OCc1c(F)c2c(c(OCc3ccccc3)c1Br)C(=O)C1=C3O[C@]34C(=O)C(C(=N)OCc3ccccc3)=C(O)C[C@@H]4CC1C2. The molecule has 12 heteroatoms. The van der Waals surface area contributed by atoms with Crippen LogP contribution < -0.4 is 4.74 Å². The highest BCUT2D eigenvalue weighted by Gasteiger charge is 2.72. The lowest BCUT2D eigenvalue weighted by Crippen LogP contribution is -2.45. The van der Waals surface area contributed by atoms with E-state index in [9.17, 15) is 18.9 Å². The summed E-state index contributed by atoms with van der Waals surface area (Å²) < 4.78 is 51.2. The van der Waals surface area contributed by atoms with Gasteiger partial charge in [0.05, 0.1) is 16.6 Å². The molecule has 0 radical (unpaired) electrons. The van der Waals surface area contributed by atoms with Crippen molar-refractivity contribution in [3.05, 3.63) is 121 Å². The quantitative estimate of drug-likeness (QED) is 0.148. The number of ether oxygens (including phenoxy) is 3. The second-order valence-electron chi connectivity index (χ2n) is 11.9. The van der Waals surface area contributed by atoms with Gasteiger partial charge in [-0.25, -0.2) is 8.60 Å². The molecule has 1 spiro atoms. The Morgan fingerprint density at radius 3 is 2.38 bits per heavy atom. The molecular weight excluding hydrogens is 693 g/mol. The van der Waals surface area contributed by atoms with Crippen LogP contribution in [0.1, 0.15) is 45.5 Å². The lowest BCUT2D eigenvalue weighted by atomic mass is 9.63. The Hall–Kier alpha value is -4.13. The molecule has 0 bridgehead atoms. The maximum Gasteiger partial charge on any atom is 0.231 e. The van der Waals surface area contributed by atoms with Gasteiger partial charge in [0.2, 0.25) is 17.3 Å². The highest BCUT2D eigenvalue weighted by atomic mass is 79.9. The molecule has 1 heterocycles. The van der Waals surface area contributed by atoms with E-state index in [2.05, 4.69) is 15.9 Å². The topological polar surface area (TPSA) is 136 Å². The van der Waals surface area contributed by atoms with E-state index < -0.39 is 51.8 Å². The Bertz CT molecular complexity index is 1930. The van der Waals surface area contributed by atoms with Crippen LogP contribution in [0.2, 0.25) is 0 Å². The first kappa shape index (κ1) is 31.5. The average molecular weight is 723 g/mol. The number of Topliss-reactive ketones (excluding diaryl/α,β-unsaturated/α-hetero) is 2. The van der Waals surface area contributed by atoms with Gasteiger partial charge in [-0.1, -0.05) is 60.7 Å². The van der Waals surface area contributed by atoms with E-state index in [4.69, 9.17) is 23.8 Å². The third-order valence-electron chi connectivity index (χ3n) is 9.14. The molecule has 4 atom stereocenters. The average Bonchev–Trinajstić information content (AvgIpc) is 3.81. The van der Waals surface area contributed by atoms with Crippen LogP contribution in [-0.4, -0.2) is 38.6 Å². The van der Waals surface area contributed by atoms with Crippen LogP contribution in [0.3, 0.4) is 0 Å². The van der Waals surface area contributed by atoms with Crippen molar-refractivity contribution >= 4 is 44.5 Å². The molecule has 4 aliphatic rings. The smallest absolute Gasteiger partial charge is 0.231 e. The van der Waals surface area contributed by atoms with E-state index >= 15 is 4.39 Å². The van der Waals surface area contributed by atoms with Gasteiger partial charge in [0, 0.05) is 35.3 Å². The standard InChI is InChI=1S/C35H29BrFNO8S/c1-47(42)45-17-23-28(36)31(43-15-18-8-4-2-5-9-18)26-22(29(23)37)13-20-12-21-14-24(39)27(34(38)44-16-19-10-6-3-7-11-19)32(41)35(21)33(46-35)25(20)30(26)40/h2-11,20-21,38-39H,12-17H2,1H3/t20?,21-,35+,47?/m0/s1. The van der Waals surface area contributed by atoms with E-state index in [0.29, 0.717) is 0 Å². The van der Waals surface area contributed by atoms with Crippen molar-refractivity contribution in [3.8, 4) is 5.75 Å². The second kappa shape index (κ2) is 12.1.